The van der Waals surface area contributed by atoms with Gasteiger partial charge in [-0.25, -0.2) is 0 Å². The van der Waals surface area contributed by atoms with Crippen molar-refractivity contribution in [3.8, 4) is 0 Å². The van der Waals surface area contributed by atoms with Crippen molar-refractivity contribution >= 4 is 28.8 Å². The van der Waals surface area contributed by atoms with E-state index in [4.69, 9.17) is 18.0 Å². The number of amides is 1. The van der Waals surface area contributed by atoms with Crippen LogP contribution in [-0.4, -0.2) is 20.7 Å². The summed E-state index contributed by atoms with van der Waals surface area (Å²) >= 11 is 4.87. The lowest BCUT2D eigenvalue weighted by molar-refractivity contribution is -0.116. The molecule has 1 heterocycles. The maximum atomic E-state index is 11.8. The molecular formula is C14H16N4OS. The molecule has 0 bridgehead atoms. The van der Waals surface area contributed by atoms with E-state index in [1.165, 1.54) is 0 Å². The van der Waals surface area contributed by atoms with Crippen LogP contribution in [0, 0.1) is 0 Å². The molecular weight excluding hydrogens is 272 g/mol. The van der Waals surface area contributed by atoms with E-state index in [1.54, 1.807) is 30.5 Å². The van der Waals surface area contributed by atoms with Crippen molar-refractivity contribution in [2.45, 2.75) is 19.4 Å². The van der Waals surface area contributed by atoms with Gasteiger partial charge in [0, 0.05) is 36.6 Å². The standard InChI is InChI=1S/C14H16N4OS/c15-14(20)11-4-6-12(7-5-11)17-13(19)3-1-9-18-10-2-8-16-18/h2,4-8,10H,1,3,9H2,(H2,15,20)(H,17,19). The quantitative estimate of drug-likeness (QED) is 0.797. The maximum absolute atomic E-state index is 11.8. The van der Waals surface area contributed by atoms with Gasteiger partial charge in [-0.05, 0) is 36.8 Å². The predicted molar refractivity (Wildman–Crippen MR) is 82.4 cm³/mol. The molecule has 20 heavy (non-hydrogen) atoms. The van der Waals surface area contributed by atoms with Gasteiger partial charge in [-0.15, -0.1) is 0 Å². The summed E-state index contributed by atoms with van der Waals surface area (Å²) in [5.74, 6) is -0.0137. The predicted octanol–water partition coefficient (Wildman–Crippen LogP) is 1.94. The maximum Gasteiger partial charge on any atom is 0.224 e. The first-order valence-corrected chi connectivity index (χ1v) is 6.73. The van der Waals surface area contributed by atoms with Gasteiger partial charge in [0.25, 0.3) is 0 Å². The van der Waals surface area contributed by atoms with Gasteiger partial charge in [-0.3, -0.25) is 9.48 Å². The molecule has 2 aromatic rings. The first kappa shape index (κ1) is 14.2. The number of benzene rings is 1. The Balaban J connectivity index is 1.77. The van der Waals surface area contributed by atoms with Gasteiger partial charge in [-0.1, -0.05) is 12.2 Å². The fourth-order valence-electron chi connectivity index (χ4n) is 1.78. The second-order valence-electron chi connectivity index (χ2n) is 4.36. The molecule has 0 unspecified atom stereocenters. The number of nitrogens with one attached hydrogen (secondary N) is 1. The Hall–Kier alpha value is -2.21. The lowest BCUT2D eigenvalue weighted by atomic mass is 10.2. The SMILES string of the molecule is NC(=S)c1ccc(NC(=O)CCCn2cccn2)cc1. The largest absolute Gasteiger partial charge is 0.389 e. The van der Waals surface area contributed by atoms with Crippen LogP contribution >= 0.6 is 12.2 Å². The second-order valence-corrected chi connectivity index (χ2v) is 4.80. The number of thiocarbonyl (C=S) groups is 1. The molecule has 0 saturated carbocycles. The molecule has 0 radical (unpaired) electrons. The van der Waals surface area contributed by atoms with E-state index in [0.717, 1.165) is 24.2 Å². The van der Waals surface area contributed by atoms with E-state index in [1.807, 2.05) is 16.9 Å². The number of rotatable bonds is 6. The zero-order valence-electron chi connectivity index (χ0n) is 11.0. The van der Waals surface area contributed by atoms with Gasteiger partial charge >= 0.3 is 0 Å². The minimum absolute atomic E-state index is 0.0137. The average molecular weight is 288 g/mol. The van der Waals surface area contributed by atoms with Crippen LogP contribution in [0.3, 0.4) is 0 Å². The summed E-state index contributed by atoms with van der Waals surface area (Å²) in [5, 5.41) is 6.92. The molecule has 0 atom stereocenters. The lowest BCUT2D eigenvalue weighted by Gasteiger charge is -2.06. The van der Waals surface area contributed by atoms with E-state index in [-0.39, 0.29) is 5.91 Å². The summed E-state index contributed by atoms with van der Waals surface area (Å²) in [6, 6.07) is 9.03. The van der Waals surface area contributed by atoms with Crippen LogP contribution in [0.1, 0.15) is 18.4 Å². The second kappa shape index (κ2) is 6.81. The molecule has 0 aliphatic heterocycles. The van der Waals surface area contributed by atoms with Crippen molar-refractivity contribution in [1.82, 2.24) is 9.78 Å². The van der Waals surface area contributed by atoms with Crippen LogP contribution in [-0.2, 0) is 11.3 Å². The molecule has 0 aliphatic carbocycles. The van der Waals surface area contributed by atoms with E-state index in [2.05, 4.69) is 10.4 Å². The monoisotopic (exact) mass is 288 g/mol. The normalized spacial score (nSPS) is 10.2. The molecule has 6 heteroatoms. The number of aromatic nitrogens is 2. The number of nitrogens with two attached hydrogens (primary N) is 1. The third-order valence-corrected chi connectivity index (χ3v) is 3.04. The zero-order valence-corrected chi connectivity index (χ0v) is 11.8. The molecule has 0 spiro atoms. The van der Waals surface area contributed by atoms with Crippen LogP contribution in [0.15, 0.2) is 42.7 Å². The van der Waals surface area contributed by atoms with Gasteiger partial charge in [0.1, 0.15) is 4.99 Å². The van der Waals surface area contributed by atoms with Crippen molar-refractivity contribution < 1.29 is 4.79 Å². The molecule has 5 nitrogen and oxygen atoms in total. The first-order chi connectivity index (χ1) is 9.65. The molecule has 104 valence electrons. The first-order valence-electron chi connectivity index (χ1n) is 6.32. The molecule has 2 rings (SSSR count). The Morgan fingerprint density at radius 3 is 2.70 bits per heavy atom. The third kappa shape index (κ3) is 4.17. The van der Waals surface area contributed by atoms with Crippen molar-refractivity contribution in [3.05, 3.63) is 48.3 Å². The molecule has 0 fully saturated rings. The Kier molecular flexibility index (Phi) is 4.84. The fraction of sp³-hybridized carbons (Fsp3) is 0.214. The number of carbonyl (C=O) groups is 1. The van der Waals surface area contributed by atoms with Crippen LogP contribution in [0.25, 0.3) is 0 Å². The topological polar surface area (TPSA) is 72.9 Å². The summed E-state index contributed by atoms with van der Waals surface area (Å²) in [6.45, 7) is 0.737. The van der Waals surface area contributed by atoms with Gasteiger partial charge < -0.3 is 11.1 Å². The number of hydrogen-bond donors (Lipinski definition) is 2. The minimum Gasteiger partial charge on any atom is -0.389 e. The van der Waals surface area contributed by atoms with Crippen LogP contribution in [0.2, 0.25) is 0 Å². The van der Waals surface area contributed by atoms with E-state index >= 15 is 0 Å². The molecule has 0 saturated heterocycles. The summed E-state index contributed by atoms with van der Waals surface area (Å²) in [6.07, 6.45) is 4.81. The Labute approximate surface area is 122 Å². The minimum atomic E-state index is -0.0137. The number of aryl methyl sites for hydroxylation is 1. The highest BCUT2D eigenvalue weighted by atomic mass is 32.1. The number of hydrogen-bond acceptors (Lipinski definition) is 3. The van der Waals surface area contributed by atoms with Gasteiger partial charge in [0.2, 0.25) is 5.91 Å². The van der Waals surface area contributed by atoms with E-state index < -0.39 is 0 Å². The van der Waals surface area contributed by atoms with Gasteiger partial charge in [-0.2, -0.15) is 5.10 Å². The summed E-state index contributed by atoms with van der Waals surface area (Å²) in [5.41, 5.74) is 7.05. The smallest absolute Gasteiger partial charge is 0.224 e. The Morgan fingerprint density at radius 1 is 1.35 bits per heavy atom. The summed E-state index contributed by atoms with van der Waals surface area (Å²) < 4.78 is 1.81. The zero-order chi connectivity index (χ0) is 14.4. The molecule has 1 amide bonds. The Morgan fingerprint density at radius 2 is 2.10 bits per heavy atom. The van der Waals surface area contributed by atoms with Gasteiger partial charge in [0.05, 0.1) is 0 Å². The van der Waals surface area contributed by atoms with Crippen LogP contribution in [0.4, 0.5) is 5.69 Å². The fourth-order valence-corrected chi connectivity index (χ4v) is 1.91. The van der Waals surface area contributed by atoms with Gasteiger partial charge in [0.15, 0.2) is 0 Å². The molecule has 3 N–H and O–H groups in total. The molecule has 1 aromatic carbocycles. The van der Waals surface area contributed by atoms with Crippen molar-refractivity contribution in [3.63, 3.8) is 0 Å². The Bertz CT molecular complexity index is 578. The van der Waals surface area contributed by atoms with Crippen LogP contribution < -0.4 is 11.1 Å². The highest BCUT2D eigenvalue weighted by Crippen LogP contribution is 2.10. The number of nitrogens with zero attached hydrogens (tertiary/aromatic N) is 2. The average Bonchev–Trinajstić information content (AvgIpc) is 2.92. The van der Waals surface area contributed by atoms with Crippen molar-refractivity contribution in [2.24, 2.45) is 5.73 Å². The highest BCUT2D eigenvalue weighted by molar-refractivity contribution is 7.80. The highest BCUT2D eigenvalue weighted by Gasteiger charge is 2.03. The molecule has 1 aromatic heterocycles. The van der Waals surface area contributed by atoms with Crippen LogP contribution in [0.5, 0.6) is 0 Å². The number of carbonyl (C=O) groups excluding carboxylic acids is 1. The summed E-state index contributed by atoms with van der Waals surface area (Å²) in [7, 11) is 0. The van der Waals surface area contributed by atoms with Crippen molar-refractivity contribution in [2.75, 3.05) is 5.32 Å². The number of anilines is 1. The lowest BCUT2D eigenvalue weighted by Crippen LogP contribution is -2.13. The molecule has 0 aliphatic rings. The third-order valence-electron chi connectivity index (χ3n) is 2.80. The van der Waals surface area contributed by atoms with E-state index in [0.29, 0.717) is 11.4 Å². The van der Waals surface area contributed by atoms with Crippen molar-refractivity contribution in [1.29, 1.82) is 0 Å². The summed E-state index contributed by atoms with van der Waals surface area (Å²) in [4.78, 5) is 12.1. The van der Waals surface area contributed by atoms with E-state index in [9.17, 15) is 4.79 Å².